The Kier molecular flexibility index (Phi) is 10.3. The van der Waals surface area contributed by atoms with Gasteiger partial charge < -0.3 is 0 Å². The van der Waals surface area contributed by atoms with Crippen LogP contribution in [0, 0.1) is 0 Å². The summed E-state index contributed by atoms with van der Waals surface area (Å²) in [6.07, 6.45) is 5.60. The Hall–Kier alpha value is -3.74. The van der Waals surface area contributed by atoms with Crippen LogP contribution in [-0.4, -0.2) is 35.8 Å². The fraction of sp³-hybridized carbons (Fsp3) is 0.243. The summed E-state index contributed by atoms with van der Waals surface area (Å²) in [4.78, 5) is 12.6. The molecule has 4 aromatic carbocycles. The van der Waals surface area contributed by atoms with E-state index in [0.29, 0.717) is 23.5 Å². The molecule has 0 saturated heterocycles. The molecule has 8 rings (SSSR count). The van der Waals surface area contributed by atoms with Gasteiger partial charge in [-0.2, -0.15) is 0 Å². The van der Waals surface area contributed by atoms with Gasteiger partial charge in [0.05, 0.1) is 10.6 Å². The molecular formula is C37H40O4S2. The van der Waals surface area contributed by atoms with E-state index in [-0.39, 0.29) is 13.2 Å². The molecule has 2 aliphatic heterocycles. The summed E-state index contributed by atoms with van der Waals surface area (Å²) in [5.41, 5.74) is 8.47. The van der Waals surface area contributed by atoms with Gasteiger partial charge in [0.15, 0.2) is 15.6 Å². The lowest BCUT2D eigenvalue weighted by Gasteiger charge is -1.98. The molecule has 1 atom stereocenters. The fourth-order valence-corrected chi connectivity index (χ4v) is 9.03. The van der Waals surface area contributed by atoms with E-state index >= 15 is 0 Å². The zero-order valence-corrected chi connectivity index (χ0v) is 25.4. The number of sulfone groups is 1. The van der Waals surface area contributed by atoms with E-state index in [2.05, 4.69) is 36.7 Å². The topological polar surface area (TPSA) is 68.3 Å². The number of rotatable bonds is 0. The van der Waals surface area contributed by atoms with Gasteiger partial charge in [0, 0.05) is 22.6 Å². The summed E-state index contributed by atoms with van der Waals surface area (Å²) >= 11 is 0. The van der Waals surface area contributed by atoms with Crippen LogP contribution in [0.5, 0.6) is 0 Å². The maximum Gasteiger partial charge on any atom is 0.178 e. The molecule has 0 spiro atoms. The lowest BCUT2D eigenvalue weighted by Crippen LogP contribution is -1.97. The minimum atomic E-state index is -2.91. The van der Waals surface area contributed by atoms with Gasteiger partial charge in [-0.1, -0.05) is 98.9 Å². The standard InChI is InChI=1S/C10H10.C9H10OS.C9H8O.C8H8O2S.CH4/c1-8-6-7-9-4-2-3-5-10(8)9;1-11(10)7-6-8-4-2-3-5-9(8)11;10-9-6-5-7-3-1-2-4-8(7)9;9-11(10)6-5-7-3-1-2-4-8(7)11;/h2-5H,1,6-7H2;2-5H,1,6-7H2;1-4H,5-6H2;1-4H,5-6H2;1H4. The maximum absolute atomic E-state index is 11.7. The van der Waals surface area contributed by atoms with Crippen LogP contribution in [-0.2, 0) is 45.0 Å². The molecule has 4 nitrogen and oxygen atoms in total. The first kappa shape index (κ1) is 32.2. The van der Waals surface area contributed by atoms with Crippen molar-refractivity contribution in [2.75, 3.05) is 11.5 Å². The van der Waals surface area contributed by atoms with E-state index < -0.39 is 19.4 Å². The Bertz CT molecular complexity index is 1710. The predicted molar refractivity (Wildman–Crippen MR) is 180 cm³/mol. The van der Waals surface area contributed by atoms with Crippen molar-refractivity contribution in [3.8, 4) is 0 Å². The number of carbonyl (C=O) groups is 1. The molecule has 2 heterocycles. The monoisotopic (exact) mass is 612 g/mol. The smallest absolute Gasteiger partial charge is 0.178 e. The highest BCUT2D eigenvalue weighted by atomic mass is 32.2. The first-order valence-corrected chi connectivity index (χ1v) is 17.8. The van der Waals surface area contributed by atoms with Crippen molar-refractivity contribution in [1.82, 2.24) is 0 Å². The van der Waals surface area contributed by atoms with Gasteiger partial charge in [0.2, 0.25) is 0 Å². The SMILES string of the molecule is C.C=C1CCc2ccccc21.C=S1(=O)CCc2ccccc21.O=C1CCc2ccccc21.O=S1(=O)CCc2ccccc21. The van der Waals surface area contributed by atoms with Crippen LogP contribution < -0.4 is 0 Å². The number of hydrogen-bond acceptors (Lipinski definition) is 4. The van der Waals surface area contributed by atoms with Crippen molar-refractivity contribution in [3.63, 3.8) is 0 Å². The van der Waals surface area contributed by atoms with E-state index in [0.717, 1.165) is 41.0 Å². The van der Waals surface area contributed by atoms with Crippen molar-refractivity contribution in [2.24, 2.45) is 0 Å². The molecule has 0 amide bonds. The third kappa shape index (κ3) is 7.43. The Labute approximate surface area is 257 Å². The first-order valence-electron chi connectivity index (χ1n) is 14.3. The number of hydrogen-bond donors (Lipinski definition) is 0. The van der Waals surface area contributed by atoms with Crippen LogP contribution in [0.3, 0.4) is 0 Å². The quantitative estimate of drug-likeness (QED) is 0.194. The molecule has 224 valence electrons. The molecule has 0 saturated carbocycles. The summed E-state index contributed by atoms with van der Waals surface area (Å²) in [5.74, 6) is 5.05. The largest absolute Gasteiger partial charge is 0.294 e. The third-order valence-electron chi connectivity index (χ3n) is 8.06. The Morgan fingerprint density at radius 1 is 0.512 bits per heavy atom. The summed E-state index contributed by atoms with van der Waals surface area (Å²) in [5, 5.41) is 0. The van der Waals surface area contributed by atoms with Gasteiger partial charge in [0.25, 0.3) is 0 Å². The zero-order chi connectivity index (χ0) is 29.7. The molecule has 1 unspecified atom stereocenters. The first-order chi connectivity index (χ1) is 20.2. The Morgan fingerprint density at radius 2 is 0.977 bits per heavy atom. The summed E-state index contributed by atoms with van der Waals surface area (Å²) < 4.78 is 34.2. The average Bonchev–Trinajstić information content (AvgIpc) is 3.75. The molecule has 0 N–H and O–H groups in total. The van der Waals surface area contributed by atoms with Gasteiger partial charge in [0.1, 0.15) is 0 Å². The predicted octanol–water partition coefficient (Wildman–Crippen LogP) is 7.43. The lowest BCUT2D eigenvalue weighted by molar-refractivity contribution is 0.0994. The normalized spacial score (nSPS) is 19.4. The second-order valence-electron chi connectivity index (χ2n) is 10.9. The number of benzene rings is 4. The van der Waals surface area contributed by atoms with E-state index in [1.807, 2.05) is 60.7 Å². The van der Waals surface area contributed by atoms with Gasteiger partial charge in [-0.3, -0.25) is 9.00 Å². The fourth-order valence-electron chi connectivity index (χ4n) is 5.72. The third-order valence-corrected chi connectivity index (χ3v) is 11.9. The highest BCUT2D eigenvalue weighted by Crippen LogP contribution is 2.30. The van der Waals surface area contributed by atoms with Crippen LogP contribution in [0.15, 0.2) is 113 Å². The number of fused-ring (bicyclic) bond motifs is 4. The Balaban J connectivity index is 0.000000130. The molecular weight excluding hydrogens is 573 g/mol. The lowest BCUT2D eigenvalue weighted by atomic mass is 10.1. The maximum atomic E-state index is 11.7. The molecule has 0 fully saturated rings. The number of aryl methyl sites for hydroxylation is 4. The van der Waals surface area contributed by atoms with Crippen LogP contribution in [0.4, 0.5) is 0 Å². The van der Waals surface area contributed by atoms with Crippen LogP contribution in [0.1, 0.15) is 58.4 Å². The molecule has 2 aliphatic carbocycles. The van der Waals surface area contributed by atoms with Crippen LogP contribution >= 0.6 is 0 Å². The van der Waals surface area contributed by atoms with Crippen molar-refractivity contribution >= 4 is 36.6 Å². The molecule has 43 heavy (non-hydrogen) atoms. The second-order valence-corrected chi connectivity index (χ2v) is 15.4. The van der Waals surface area contributed by atoms with Crippen LogP contribution in [0.2, 0.25) is 0 Å². The van der Waals surface area contributed by atoms with Gasteiger partial charge >= 0.3 is 0 Å². The van der Waals surface area contributed by atoms with Gasteiger partial charge in [-0.25, -0.2) is 8.42 Å². The van der Waals surface area contributed by atoms with Crippen molar-refractivity contribution in [3.05, 3.63) is 137 Å². The van der Waals surface area contributed by atoms with Gasteiger partial charge in [-0.15, -0.1) is 0 Å². The molecule has 0 aromatic heterocycles. The summed E-state index contributed by atoms with van der Waals surface area (Å²) in [7, 11) is -4.81. The minimum absolute atomic E-state index is 0. The molecule has 0 bridgehead atoms. The highest BCUT2D eigenvalue weighted by molar-refractivity contribution is 8.00. The van der Waals surface area contributed by atoms with E-state index in [4.69, 9.17) is 0 Å². The van der Waals surface area contributed by atoms with Gasteiger partial charge in [-0.05, 0) is 93.0 Å². The number of carbonyl (C=O) groups excluding carboxylic acids is 1. The summed E-state index contributed by atoms with van der Waals surface area (Å²) in [6, 6.07) is 31.4. The van der Waals surface area contributed by atoms with Crippen LogP contribution in [0.25, 0.3) is 5.57 Å². The summed E-state index contributed by atoms with van der Waals surface area (Å²) in [6.45, 7) is 4.00. The van der Waals surface area contributed by atoms with Crippen molar-refractivity contribution in [1.29, 1.82) is 0 Å². The minimum Gasteiger partial charge on any atom is -0.294 e. The van der Waals surface area contributed by atoms with Crippen molar-refractivity contribution in [2.45, 2.75) is 55.7 Å². The molecule has 6 heteroatoms. The second kappa shape index (κ2) is 13.7. The zero-order valence-electron chi connectivity index (χ0n) is 23.8. The molecule has 4 aromatic rings. The highest BCUT2D eigenvalue weighted by Gasteiger charge is 2.24. The number of ketones is 1. The van der Waals surface area contributed by atoms with E-state index in [9.17, 15) is 17.4 Å². The average molecular weight is 613 g/mol. The molecule has 0 radical (unpaired) electrons. The van der Waals surface area contributed by atoms with E-state index in [1.54, 1.807) is 12.1 Å². The molecule has 4 aliphatic rings. The Morgan fingerprint density at radius 3 is 1.56 bits per heavy atom. The van der Waals surface area contributed by atoms with E-state index in [1.165, 1.54) is 34.2 Å². The number of allylic oxidation sites excluding steroid dienone is 1. The number of Topliss-reactive ketones (excluding diaryl/α,β-unsaturated/α-hetero) is 1. The van der Waals surface area contributed by atoms with Crippen molar-refractivity contribution < 1.29 is 17.4 Å².